The fourth-order valence-electron chi connectivity index (χ4n) is 2.31. The maximum absolute atomic E-state index is 11.6. The second-order valence-electron chi connectivity index (χ2n) is 5.44. The highest BCUT2D eigenvalue weighted by Crippen LogP contribution is 2.17. The molecule has 0 saturated carbocycles. The molecule has 26 heavy (non-hydrogen) atoms. The molecule has 2 aromatic rings. The van der Waals surface area contributed by atoms with Crippen molar-refractivity contribution in [3.63, 3.8) is 0 Å². The first-order valence-electron chi connectivity index (χ1n) is 8.34. The molecule has 0 amide bonds. The molecule has 0 radical (unpaired) electrons. The molecule has 0 unspecified atom stereocenters. The number of halogens is 1. The van der Waals surface area contributed by atoms with E-state index in [4.69, 9.17) is 9.15 Å². The first-order valence-corrected chi connectivity index (χ1v) is 9.16. The van der Waals surface area contributed by atoms with E-state index in [1.54, 1.807) is 24.3 Å². The molecular weight excluding hydrogens is 465 g/mol. The number of ether oxygens (including phenoxy) is 1. The van der Waals surface area contributed by atoms with Crippen LogP contribution < -0.4 is 10.6 Å². The number of nitrogens with one attached hydrogen (secondary N) is 2. The lowest BCUT2D eigenvalue weighted by atomic mass is 10.2. The highest BCUT2D eigenvalue weighted by molar-refractivity contribution is 14.0. The van der Waals surface area contributed by atoms with Crippen molar-refractivity contribution < 1.29 is 13.9 Å². The van der Waals surface area contributed by atoms with Gasteiger partial charge in [0.05, 0.1) is 13.7 Å². The van der Waals surface area contributed by atoms with Crippen molar-refractivity contribution in [2.75, 3.05) is 13.7 Å². The van der Waals surface area contributed by atoms with Gasteiger partial charge in [0.1, 0.15) is 23.6 Å². The summed E-state index contributed by atoms with van der Waals surface area (Å²) in [6.07, 6.45) is 1.05. The van der Waals surface area contributed by atoms with Crippen LogP contribution in [-0.2, 0) is 24.2 Å². The standard InChI is InChI=1S/C18H25N3O3S.HI/c1-5-14-7-8-15(25-14)11-21-18(19-6-2)20-10-13-9-16(12(3)24-13)17(22)23-4;/h7-9H,5-6,10-11H2,1-4H3,(H2,19,20,21);1H. The zero-order valence-corrected chi connectivity index (χ0v) is 18.7. The van der Waals surface area contributed by atoms with E-state index in [1.165, 1.54) is 16.9 Å². The summed E-state index contributed by atoms with van der Waals surface area (Å²) in [5.74, 6) is 1.48. The number of rotatable bonds is 7. The summed E-state index contributed by atoms with van der Waals surface area (Å²) in [6, 6.07) is 5.98. The van der Waals surface area contributed by atoms with Gasteiger partial charge in [0.2, 0.25) is 0 Å². The van der Waals surface area contributed by atoms with Crippen LogP contribution in [0.4, 0.5) is 0 Å². The van der Waals surface area contributed by atoms with Gasteiger partial charge >= 0.3 is 5.97 Å². The number of esters is 1. The number of guanidine groups is 1. The van der Waals surface area contributed by atoms with Crippen molar-refractivity contribution in [3.8, 4) is 0 Å². The van der Waals surface area contributed by atoms with Crippen LogP contribution in [0, 0.1) is 6.92 Å². The van der Waals surface area contributed by atoms with Gasteiger partial charge in [0.15, 0.2) is 5.96 Å². The van der Waals surface area contributed by atoms with Gasteiger partial charge in [-0.1, -0.05) is 6.92 Å². The summed E-state index contributed by atoms with van der Waals surface area (Å²) in [7, 11) is 1.36. The summed E-state index contributed by atoms with van der Waals surface area (Å²) in [6.45, 7) is 7.75. The van der Waals surface area contributed by atoms with Crippen molar-refractivity contribution in [2.24, 2.45) is 4.99 Å². The van der Waals surface area contributed by atoms with Gasteiger partial charge in [0, 0.05) is 16.3 Å². The van der Waals surface area contributed by atoms with Crippen LogP contribution in [0.15, 0.2) is 27.6 Å². The molecule has 144 valence electrons. The van der Waals surface area contributed by atoms with E-state index in [0.29, 0.717) is 29.6 Å². The zero-order valence-electron chi connectivity index (χ0n) is 15.5. The fraction of sp³-hybridized carbons (Fsp3) is 0.444. The Hall–Kier alpha value is -1.55. The van der Waals surface area contributed by atoms with E-state index < -0.39 is 5.97 Å². The van der Waals surface area contributed by atoms with Crippen molar-refractivity contribution in [3.05, 3.63) is 45.0 Å². The third kappa shape index (κ3) is 6.31. The van der Waals surface area contributed by atoms with Crippen LogP contribution in [0.5, 0.6) is 0 Å². The van der Waals surface area contributed by atoms with Crippen LogP contribution >= 0.6 is 35.3 Å². The van der Waals surface area contributed by atoms with Crippen LogP contribution in [0.2, 0.25) is 0 Å². The number of aliphatic imine (C=N–C) groups is 1. The summed E-state index contributed by atoms with van der Waals surface area (Å²) in [5, 5.41) is 6.53. The van der Waals surface area contributed by atoms with E-state index >= 15 is 0 Å². The predicted molar refractivity (Wildman–Crippen MR) is 116 cm³/mol. The second kappa shape index (κ2) is 11.2. The first-order chi connectivity index (χ1) is 12.1. The molecule has 0 atom stereocenters. The smallest absolute Gasteiger partial charge is 0.341 e. The zero-order chi connectivity index (χ0) is 18.2. The van der Waals surface area contributed by atoms with Gasteiger partial charge in [-0.3, -0.25) is 0 Å². The molecule has 2 N–H and O–H groups in total. The molecule has 0 aliphatic heterocycles. The third-order valence-corrected chi connectivity index (χ3v) is 4.84. The van der Waals surface area contributed by atoms with Gasteiger partial charge in [-0.05, 0) is 38.5 Å². The number of nitrogens with zero attached hydrogens (tertiary/aromatic N) is 1. The highest BCUT2D eigenvalue weighted by Gasteiger charge is 2.15. The second-order valence-corrected chi connectivity index (χ2v) is 6.70. The van der Waals surface area contributed by atoms with Crippen LogP contribution in [0.3, 0.4) is 0 Å². The Morgan fingerprint density at radius 2 is 2.00 bits per heavy atom. The quantitative estimate of drug-likeness (QED) is 0.266. The molecule has 6 nitrogen and oxygen atoms in total. The number of furan rings is 1. The van der Waals surface area contributed by atoms with Gasteiger partial charge in [-0.15, -0.1) is 35.3 Å². The van der Waals surface area contributed by atoms with Crippen molar-refractivity contribution in [1.82, 2.24) is 10.6 Å². The monoisotopic (exact) mass is 491 g/mol. The number of methoxy groups -OCH3 is 1. The molecule has 0 fully saturated rings. The van der Waals surface area contributed by atoms with E-state index in [9.17, 15) is 4.79 Å². The molecule has 0 aromatic carbocycles. The maximum Gasteiger partial charge on any atom is 0.341 e. The fourth-order valence-corrected chi connectivity index (χ4v) is 3.21. The Morgan fingerprint density at radius 1 is 1.27 bits per heavy atom. The molecule has 2 heterocycles. The van der Waals surface area contributed by atoms with Crippen LogP contribution in [0.25, 0.3) is 0 Å². The number of carbonyl (C=O) groups is 1. The molecule has 0 saturated heterocycles. The maximum atomic E-state index is 11.6. The Kier molecular flexibility index (Phi) is 9.71. The number of carbonyl (C=O) groups excluding carboxylic acids is 1. The highest BCUT2D eigenvalue weighted by atomic mass is 127. The number of hydrogen-bond donors (Lipinski definition) is 2. The summed E-state index contributed by atoms with van der Waals surface area (Å²) in [4.78, 5) is 18.8. The van der Waals surface area contributed by atoms with Gasteiger partial charge < -0.3 is 19.8 Å². The van der Waals surface area contributed by atoms with E-state index in [-0.39, 0.29) is 24.0 Å². The average molecular weight is 491 g/mol. The molecule has 2 aromatic heterocycles. The van der Waals surface area contributed by atoms with Crippen molar-refractivity contribution in [2.45, 2.75) is 40.3 Å². The molecule has 0 aliphatic carbocycles. The van der Waals surface area contributed by atoms with Gasteiger partial charge in [0.25, 0.3) is 0 Å². The van der Waals surface area contributed by atoms with E-state index in [2.05, 4.69) is 34.7 Å². The minimum atomic E-state index is -0.397. The largest absolute Gasteiger partial charge is 0.465 e. The third-order valence-electron chi connectivity index (χ3n) is 3.61. The average Bonchev–Trinajstić information content (AvgIpc) is 3.23. The lowest BCUT2D eigenvalue weighted by Gasteiger charge is -2.09. The molecular formula is C18H26IN3O3S. The molecule has 8 heteroatoms. The molecule has 0 spiro atoms. The summed E-state index contributed by atoms with van der Waals surface area (Å²) in [5.41, 5.74) is 0.441. The van der Waals surface area contributed by atoms with E-state index in [1.807, 2.05) is 6.92 Å². The Labute approximate surface area is 175 Å². The van der Waals surface area contributed by atoms with E-state index in [0.717, 1.165) is 19.5 Å². The summed E-state index contributed by atoms with van der Waals surface area (Å²) < 4.78 is 10.3. The normalized spacial score (nSPS) is 11.0. The lowest BCUT2D eigenvalue weighted by molar-refractivity contribution is 0.0599. The molecule has 0 bridgehead atoms. The van der Waals surface area contributed by atoms with Crippen LogP contribution in [-0.4, -0.2) is 25.6 Å². The SMILES string of the molecule is CCNC(=NCc1cc(C(=O)OC)c(C)o1)NCc1ccc(CC)s1.I. The lowest BCUT2D eigenvalue weighted by Crippen LogP contribution is -2.36. The molecule has 2 rings (SSSR count). The van der Waals surface area contributed by atoms with Gasteiger partial charge in [-0.25, -0.2) is 9.79 Å². The topological polar surface area (TPSA) is 75.9 Å². The first kappa shape index (κ1) is 22.5. The number of aryl methyl sites for hydroxylation is 2. The minimum absolute atomic E-state index is 0. The van der Waals surface area contributed by atoms with Gasteiger partial charge in [-0.2, -0.15) is 0 Å². The van der Waals surface area contributed by atoms with Crippen LogP contribution in [0.1, 0.15) is 45.5 Å². The molecule has 0 aliphatic rings. The minimum Gasteiger partial charge on any atom is -0.465 e. The Morgan fingerprint density at radius 3 is 2.62 bits per heavy atom. The van der Waals surface area contributed by atoms with Crippen molar-refractivity contribution in [1.29, 1.82) is 0 Å². The number of hydrogen-bond acceptors (Lipinski definition) is 5. The Balaban J connectivity index is 0.00000338. The summed E-state index contributed by atoms with van der Waals surface area (Å²) >= 11 is 1.80. The Bertz CT molecular complexity index is 740. The number of thiophene rings is 1. The predicted octanol–water partition coefficient (Wildman–Crippen LogP) is 3.87. The van der Waals surface area contributed by atoms with Crippen molar-refractivity contribution >= 4 is 47.2 Å².